The molecule has 0 amide bonds. The second-order valence-electron chi connectivity index (χ2n) is 7.31. The van der Waals surface area contributed by atoms with E-state index in [1.54, 1.807) is 19.1 Å². The number of nitrogens with two attached hydrogens (primary N) is 1. The number of nitrogen functional groups attached to an aromatic ring is 1. The van der Waals surface area contributed by atoms with Crippen molar-refractivity contribution in [3.05, 3.63) is 30.5 Å². The summed E-state index contributed by atoms with van der Waals surface area (Å²) in [6.07, 6.45) is 1.83. The van der Waals surface area contributed by atoms with Crippen LogP contribution in [0, 0.1) is 0 Å². The number of rotatable bonds is 4. The van der Waals surface area contributed by atoms with Gasteiger partial charge in [-0.1, -0.05) is 6.07 Å². The molecule has 1 aromatic carbocycles. The number of hydrogen-bond donors (Lipinski definition) is 1. The van der Waals surface area contributed by atoms with Gasteiger partial charge in [-0.25, -0.2) is 9.97 Å². The van der Waals surface area contributed by atoms with Gasteiger partial charge in [-0.2, -0.15) is 0 Å². The number of aromatic nitrogens is 3. The zero-order valence-corrected chi connectivity index (χ0v) is 16.9. The van der Waals surface area contributed by atoms with E-state index in [9.17, 15) is 0 Å². The van der Waals surface area contributed by atoms with Crippen molar-refractivity contribution in [1.82, 2.24) is 18.8 Å². The highest BCUT2D eigenvalue weighted by Crippen LogP contribution is 2.34. The molecule has 138 valence electrons. The third-order valence-electron chi connectivity index (χ3n) is 3.98. The molecule has 2 aromatic heterocycles. The quantitative estimate of drug-likeness (QED) is 0.699. The summed E-state index contributed by atoms with van der Waals surface area (Å²) >= 11 is 1.58. The highest BCUT2D eigenvalue weighted by atomic mass is 32.2. The van der Waals surface area contributed by atoms with Crippen molar-refractivity contribution in [3.8, 4) is 17.0 Å². The number of fused-ring (bicyclic) bond motifs is 1. The normalized spacial score (nSPS) is 12.1. The van der Waals surface area contributed by atoms with Gasteiger partial charge in [-0.3, -0.25) is 4.31 Å². The van der Waals surface area contributed by atoms with Gasteiger partial charge < -0.3 is 15.0 Å². The third-order valence-corrected chi connectivity index (χ3v) is 4.83. The smallest absolute Gasteiger partial charge is 0.228 e. The summed E-state index contributed by atoms with van der Waals surface area (Å²) in [5.74, 6) is 1.15. The summed E-state index contributed by atoms with van der Waals surface area (Å²) in [5.41, 5.74) is 10.0. The highest BCUT2D eigenvalue weighted by Gasteiger charge is 2.20. The first-order valence-corrected chi connectivity index (χ1v) is 9.16. The molecule has 3 rings (SSSR count). The first kappa shape index (κ1) is 18.5. The predicted molar refractivity (Wildman–Crippen MR) is 108 cm³/mol. The van der Waals surface area contributed by atoms with Crippen LogP contribution in [0.1, 0.15) is 20.8 Å². The lowest BCUT2D eigenvalue weighted by molar-refractivity contribution is 0.386. The van der Waals surface area contributed by atoms with E-state index in [0.717, 1.165) is 27.1 Å². The van der Waals surface area contributed by atoms with Crippen LogP contribution in [0.3, 0.4) is 0 Å². The van der Waals surface area contributed by atoms with Crippen molar-refractivity contribution in [3.63, 3.8) is 0 Å². The SMILES string of the molecule is COc1ncc(-c2ccc3nc(N)n(C(C)(C)C)c3c2)cc1SN(C)C. The molecule has 6 nitrogen and oxygen atoms in total. The molecule has 0 fully saturated rings. The van der Waals surface area contributed by atoms with Crippen LogP contribution in [0.2, 0.25) is 0 Å². The number of benzene rings is 1. The molecule has 0 spiro atoms. The summed E-state index contributed by atoms with van der Waals surface area (Å²) in [5, 5.41) is 0. The van der Waals surface area contributed by atoms with E-state index in [1.165, 1.54) is 0 Å². The molecule has 26 heavy (non-hydrogen) atoms. The van der Waals surface area contributed by atoms with E-state index in [-0.39, 0.29) is 5.54 Å². The number of nitrogens with zero attached hydrogens (tertiary/aromatic N) is 4. The Bertz CT molecular complexity index is 943. The van der Waals surface area contributed by atoms with Crippen molar-refractivity contribution in [2.45, 2.75) is 31.2 Å². The summed E-state index contributed by atoms with van der Waals surface area (Å²) in [6.45, 7) is 6.37. The largest absolute Gasteiger partial charge is 0.480 e. The molecule has 3 aromatic rings. The Hall–Kier alpha value is -2.25. The van der Waals surface area contributed by atoms with Gasteiger partial charge in [-0.15, -0.1) is 0 Å². The van der Waals surface area contributed by atoms with E-state index in [2.05, 4.69) is 53.5 Å². The molecule has 0 aliphatic carbocycles. The average Bonchev–Trinajstić information content (AvgIpc) is 2.89. The van der Waals surface area contributed by atoms with Crippen molar-refractivity contribution in [2.75, 3.05) is 26.9 Å². The molecule has 2 N–H and O–H groups in total. The fourth-order valence-electron chi connectivity index (χ4n) is 2.98. The fourth-order valence-corrected chi connectivity index (χ4v) is 3.77. The lowest BCUT2D eigenvalue weighted by atomic mass is 10.1. The maximum atomic E-state index is 6.16. The molecule has 0 aliphatic rings. The molecule has 0 aliphatic heterocycles. The number of imidazole rings is 1. The molecular weight excluding hydrogens is 346 g/mol. The van der Waals surface area contributed by atoms with Gasteiger partial charge in [0.25, 0.3) is 0 Å². The maximum Gasteiger partial charge on any atom is 0.228 e. The lowest BCUT2D eigenvalue weighted by Crippen LogP contribution is -2.23. The zero-order chi connectivity index (χ0) is 19.1. The van der Waals surface area contributed by atoms with Crippen molar-refractivity contribution in [2.24, 2.45) is 0 Å². The van der Waals surface area contributed by atoms with E-state index >= 15 is 0 Å². The number of hydrogen-bond acceptors (Lipinski definition) is 6. The molecule has 0 bridgehead atoms. The molecule has 0 atom stereocenters. The Morgan fingerprint density at radius 2 is 1.88 bits per heavy atom. The molecule has 2 heterocycles. The Kier molecular flexibility index (Phi) is 4.86. The number of ether oxygens (including phenoxy) is 1. The zero-order valence-electron chi connectivity index (χ0n) is 16.1. The molecule has 0 unspecified atom stereocenters. The van der Waals surface area contributed by atoms with E-state index in [1.807, 2.05) is 30.7 Å². The fraction of sp³-hybridized carbons (Fsp3) is 0.368. The van der Waals surface area contributed by atoms with E-state index in [0.29, 0.717) is 11.8 Å². The Labute approximate surface area is 158 Å². The first-order valence-electron chi connectivity index (χ1n) is 8.39. The Balaban J connectivity index is 2.14. The van der Waals surface area contributed by atoms with Gasteiger partial charge in [0.2, 0.25) is 11.8 Å². The van der Waals surface area contributed by atoms with E-state index < -0.39 is 0 Å². The monoisotopic (exact) mass is 371 g/mol. The number of methoxy groups -OCH3 is 1. The minimum absolute atomic E-state index is 0.151. The minimum atomic E-state index is -0.151. The van der Waals surface area contributed by atoms with Gasteiger partial charge in [-0.05, 0) is 70.6 Å². The summed E-state index contributed by atoms with van der Waals surface area (Å²) in [7, 11) is 5.62. The second kappa shape index (κ2) is 6.81. The summed E-state index contributed by atoms with van der Waals surface area (Å²) in [4.78, 5) is 9.93. The molecular formula is C19H25N5OS. The van der Waals surface area contributed by atoms with Crippen molar-refractivity contribution < 1.29 is 4.74 Å². The maximum absolute atomic E-state index is 6.16. The van der Waals surface area contributed by atoms with Gasteiger partial charge in [0.15, 0.2) is 0 Å². The first-order chi connectivity index (χ1) is 12.2. The van der Waals surface area contributed by atoms with Crippen LogP contribution < -0.4 is 10.5 Å². The highest BCUT2D eigenvalue weighted by molar-refractivity contribution is 7.97. The van der Waals surface area contributed by atoms with Crippen LogP contribution in [0.4, 0.5) is 5.95 Å². The second-order valence-corrected chi connectivity index (χ2v) is 8.67. The van der Waals surface area contributed by atoms with Crippen LogP contribution in [0.25, 0.3) is 22.2 Å². The summed E-state index contributed by atoms with van der Waals surface area (Å²) in [6, 6.07) is 8.28. The van der Waals surface area contributed by atoms with Crippen molar-refractivity contribution in [1.29, 1.82) is 0 Å². The average molecular weight is 372 g/mol. The van der Waals surface area contributed by atoms with Gasteiger partial charge in [0, 0.05) is 17.3 Å². The lowest BCUT2D eigenvalue weighted by Gasteiger charge is -2.23. The standard InChI is InChI=1S/C19H25N5OS/c1-19(2,3)24-15-9-12(7-8-14(15)22-18(24)20)13-10-16(26-23(4)5)17(25-6)21-11-13/h7-11H,1-6H3,(H2,20,22). The van der Waals surface area contributed by atoms with Gasteiger partial charge in [0.05, 0.1) is 23.0 Å². The Morgan fingerprint density at radius 1 is 1.15 bits per heavy atom. The van der Waals surface area contributed by atoms with Crippen LogP contribution >= 0.6 is 11.9 Å². The molecule has 0 radical (unpaired) electrons. The predicted octanol–water partition coefficient (Wildman–Crippen LogP) is 4.01. The third kappa shape index (κ3) is 3.50. The van der Waals surface area contributed by atoms with Crippen LogP contribution in [-0.2, 0) is 5.54 Å². The minimum Gasteiger partial charge on any atom is -0.480 e. The van der Waals surface area contributed by atoms with Crippen LogP contribution in [0.5, 0.6) is 5.88 Å². The van der Waals surface area contributed by atoms with E-state index in [4.69, 9.17) is 10.5 Å². The number of pyridine rings is 1. The number of anilines is 1. The van der Waals surface area contributed by atoms with Crippen LogP contribution in [-0.4, -0.2) is 40.0 Å². The topological polar surface area (TPSA) is 69.2 Å². The van der Waals surface area contributed by atoms with Crippen molar-refractivity contribution >= 4 is 28.9 Å². The van der Waals surface area contributed by atoms with Gasteiger partial charge in [0.1, 0.15) is 0 Å². The Morgan fingerprint density at radius 3 is 2.50 bits per heavy atom. The molecule has 0 saturated heterocycles. The van der Waals surface area contributed by atoms with Gasteiger partial charge >= 0.3 is 0 Å². The molecule has 7 heteroatoms. The summed E-state index contributed by atoms with van der Waals surface area (Å²) < 4.78 is 9.47. The van der Waals surface area contributed by atoms with Crippen LogP contribution in [0.15, 0.2) is 35.4 Å². The molecule has 0 saturated carbocycles.